The maximum Gasteiger partial charge on any atom is 0.334 e. The minimum atomic E-state index is -1.34. The molecule has 0 saturated carbocycles. The lowest BCUT2D eigenvalue weighted by atomic mass is 9.91. The molecule has 0 aromatic heterocycles. The molecular formula is C16H26N2O6. The van der Waals surface area contributed by atoms with E-state index in [1.54, 1.807) is 13.8 Å². The van der Waals surface area contributed by atoms with E-state index in [1.165, 1.54) is 12.0 Å². The number of carbonyl (C=O) groups is 3. The number of methoxy groups -OCH3 is 1. The lowest BCUT2D eigenvalue weighted by Gasteiger charge is -2.39. The molecule has 0 aromatic rings. The minimum Gasteiger partial charge on any atom is -0.467 e. The van der Waals surface area contributed by atoms with Crippen molar-refractivity contribution in [2.75, 3.05) is 33.5 Å². The van der Waals surface area contributed by atoms with E-state index in [0.717, 1.165) is 0 Å². The fourth-order valence-corrected chi connectivity index (χ4v) is 3.39. The zero-order valence-electron chi connectivity index (χ0n) is 14.5. The fraction of sp³-hybridized carbons (Fsp3) is 0.812. The van der Waals surface area contributed by atoms with Gasteiger partial charge in [-0.3, -0.25) is 9.59 Å². The Labute approximate surface area is 141 Å². The molecule has 0 spiro atoms. The Balaban J connectivity index is 2.27. The van der Waals surface area contributed by atoms with Gasteiger partial charge >= 0.3 is 5.97 Å². The molecule has 0 bridgehead atoms. The topological polar surface area (TPSA) is 105 Å². The quantitative estimate of drug-likeness (QED) is 0.649. The van der Waals surface area contributed by atoms with E-state index in [2.05, 4.69) is 5.32 Å². The highest BCUT2D eigenvalue weighted by molar-refractivity contribution is 5.96. The average Bonchev–Trinajstić information content (AvgIpc) is 3.21. The Bertz CT molecular complexity index is 515. The Morgan fingerprint density at radius 1 is 1.33 bits per heavy atom. The van der Waals surface area contributed by atoms with Crippen LogP contribution in [0, 0.1) is 5.92 Å². The number of hydrogen-bond acceptors (Lipinski definition) is 6. The van der Waals surface area contributed by atoms with Crippen molar-refractivity contribution < 1.29 is 29.0 Å². The molecular weight excluding hydrogens is 316 g/mol. The first kappa shape index (κ1) is 18.7. The standard InChI is InChI=1S/C16H26N2O6/c1-11(2)12(20)18-7-4-5-16(18,9-19)13(21)17-15(14(22)23-3)6-8-24-10-15/h11,19H,4-10H2,1-3H3,(H,17,21). The number of esters is 1. The highest BCUT2D eigenvalue weighted by Crippen LogP contribution is 2.32. The number of aliphatic hydroxyl groups is 1. The van der Waals surface area contributed by atoms with Gasteiger partial charge in [-0.25, -0.2) is 4.79 Å². The summed E-state index contributed by atoms with van der Waals surface area (Å²) >= 11 is 0. The van der Waals surface area contributed by atoms with Crippen molar-refractivity contribution in [1.82, 2.24) is 10.2 Å². The van der Waals surface area contributed by atoms with Crippen LogP contribution >= 0.6 is 0 Å². The Hall–Kier alpha value is -1.67. The van der Waals surface area contributed by atoms with Crippen molar-refractivity contribution in [1.29, 1.82) is 0 Å². The van der Waals surface area contributed by atoms with Crippen molar-refractivity contribution >= 4 is 17.8 Å². The number of amides is 2. The van der Waals surface area contributed by atoms with Crippen LogP contribution in [0.4, 0.5) is 0 Å². The molecule has 0 radical (unpaired) electrons. The summed E-state index contributed by atoms with van der Waals surface area (Å²) in [6, 6.07) is 0. The van der Waals surface area contributed by atoms with Crippen LogP contribution in [0.3, 0.4) is 0 Å². The molecule has 2 heterocycles. The summed E-state index contributed by atoms with van der Waals surface area (Å²) in [6.45, 7) is 3.77. The van der Waals surface area contributed by atoms with Crippen molar-refractivity contribution in [3.63, 3.8) is 0 Å². The Morgan fingerprint density at radius 2 is 2.04 bits per heavy atom. The van der Waals surface area contributed by atoms with Crippen molar-refractivity contribution in [2.24, 2.45) is 5.92 Å². The Kier molecular flexibility index (Phi) is 5.49. The molecule has 0 aromatic carbocycles. The minimum absolute atomic E-state index is 0.0189. The first-order valence-corrected chi connectivity index (χ1v) is 8.24. The largest absolute Gasteiger partial charge is 0.467 e. The summed E-state index contributed by atoms with van der Waals surface area (Å²) in [5, 5.41) is 12.6. The highest BCUT2D eigenvalue weighted by atomic mass is 16.5. The molecule has 2 amide bonds. The van der Waals surface area contributed by atoms with Gasteiger partial charge in [0.1, 0.15) is 5.54 Å². The molecule has 24 heavy (non-hydrogen) atoms. The smallest absolute Gasteiger partial charge is 0.334 e. The van der Waals surface area contributed by atoms with E-state index in [1.807, 2.05) is 0 Å². The predicted octanol–water partition coefficient (Wildman–Crippen LogP) is -0.556. The number of hydrogen-bond donors (Lipinski definition) is 2. The normalized spacial score (nSPS) is 29.8. The second-order valence-corrected chi connectivity index (χ2v) is 6.77. The van der Waals surface area contributed by atoms with Crippen LogP contribution in [0.2, 0.25) is 0 Å². The summed E-state index contributed by atoms with van der Waals surface area (Å²) in [7, 11) is 1.25. The summed E-state index contributed by atoms with van der Waals surface area (Å²) < 4.78 is 10.1. The zero-order valence-corrected chi connectivity index (χ0v) is 14.5. The average molecular weight is 342 g/mol. The number of nitrogens with one attached hydrogen (secondary N) is 1. The van der Waals surface area contributed by atoms with E-state index >= 15 is 0 Å². The summed E-state index contributed by atoms with van der Waals surface area (Å²) in [5.41, 5.74) is -2.60. The monoisotopic (exact) mass is 342 g/mol. The number of rotatable bonds is 5. The molecule has 2 aliphatic rings. The van der Waals surface area contributed by atoms with E-state index in [-0.39, 0.29) is 18.4 Å². The Morgan fingerprint density at radius 3 is 2.54 bits per heavy atom. The van der Waals surface area contributed by atoms with E-state index in [9.17, 15) is 19.5 Å². The third kappa shape index (κ3) is 3.00. The van der Waals surface area contributed by atoms with Gasteiger partial charge in [0.15, 0.2) is 5.54 Å². The first-order chi connectivity index (χ1) is 11.3. The second-order valence-electron chi connectivity index (χ2n) is 6.77. The summed E-state index contributed by atoms with van der Waals surface area (Å²) in [4.78, 5) is 39.0. The molecule has 136 valence electrons. The van der Waals surface area contributed by atoms with Crippen LogP contribution in [0.25, 0.3) is 0 Å². The number of nitrogens with zero attached hydrogens (tertiary/aromatic N) is 1. The SMILES string of the molecule is COC(=O)C1(NC(=O)C2(CO)CCCN2C(=O)C(C)C)CCOC1. The number of likely N-dealkylation sites (tertiary alicyclic amines) is 1. The van der Waals surface area contributed by atoms with Crippen LogP contribution in [0.5, 0.6) is 0 Å². The molecule has 2 atom stereocenters. The maximum atomic E-state index is 13.0. The predicted molar refractivity (Wildman–Crippen MR) is 83.9 cm³/mol. The van der Waals surface area contributed by atoms with E-state index in [0.29, 0.717) is 32.4 Å². The van der Waals surface area contributed by atoms with Crippen molar-refractivity contribution in [3.8, 4) is 0 Å². The van der Waals surface area contributed by atoms with E-state index in [4.69, 9.17) is 9.47 Å². The van der Waals surface area contributed by atoms with Crippen LogP contribution < -0.4 is 5.32 Å². The van der Waals surface area contributed by atoms with Crippen LogP contribution in [-0.4, -0.2) is 72.3 Å². The molecule has 8 nitrogen and oxygen atoms in total. The first-order valence-electron chi connectivity index (χ1n) is 8.24. The second kappa shape index (κ2) is 7.06. The number of aliphatic hydroxyl groups excluding tert-OH is 1. The van der Waals surface area contributed by atoms with Crippen LogP contribution in [0.1, 0.15) is 33.1 Å². The molecule has 2 unspecified atom stereocenters. The highest BCUT2D eigenvalue weighted by Gasteiger charge is 2.54. The summed E-state index contributed by atoms with van der Waals surface area (Å²) in [5.74, 6) is -1.59. The van der Waals surface area contributed by atoms with Gasteiger partial charge in [-0.2, -0.15) is 0 Å². The third-order valence-corrected chi connectivity index (χ3v) is 4.88. The van der Waals surface area contributed by atoms with Gasteiger partial charge in [0, 0.05) is 25.5 Å². The lowest BCUT2D eigenvalue weighted by Crippen LogP contribution is -2.66. The van der Waals surface area contributed by atoms with Crippen molar-refractivity contribution in [2.45, 2.75) is 44.2 Å². The number of ether oxygens (including phenoxy) is 2. The third-order valence-electron chi connectivity index (χ3n) is 4.88. The molecule has 2 aliphatic heterocycles. The molecule has 2 rings (SSSR count). The van der Waals surface area contributed by atoms with Gasteiger partial charge in [-0.15, -0.1) is 0 Å². The lowest BCUT2D eigenvalue weighted by molar-refractivity contribution is -0.156. The summed E-state index contributed by atoms with van der Waals surface area (Å²) in [6.07, 6.45) is 1.27. The van der Waals surface area contributed by atoms with Gasteiger partial charge in [0.05, 0.1) is 20.3 Å². The van der Waals surface area contributed by atoms with E-state index < -0.39 is 29.6 Å². The molecule has 2 N–H and O–H groups in total. The van der Waals surface area contributed by atoms with Gasteiger partial charge in [-0.1, -0.05) is 13.8 Å². The van der Waals surface area contributed by atoms with Gasteiger partial charge in [-0.05, 0) is 12.8 Å². The zero-order chi connectivity index (χ0) is 18.0. The van der Waals surface area contributed by atoms with Crippen molar-refractivity contribution in [3.05, 3.63) is 0 Å². The van der Waals surface area contributed by atoms with Gasteiger partial charge in [0.2, 0.25) is 11.8 Å². The maximum absolute atomic E-state index is 13.0. The van der Waals surface area contributed by atoms with Gasteiger partial charge in [0.25, 0.3) is 0 Å². The van der Waals surface area contributed by atoms with Crippen LogP contribution in [-0.2, 0) is 23.9 Å². The molecule has 8 heteroatoms. The fourth-order valence-electron chi connectivity index (χ4n) is 3.39. The molecule has 2 saturated heterocycles. The van der Waals surface area contributed by atoms with Crippen LogP contribution in [0.15, 0.2) is 0 Å². The number of carbonyl (C=O) groups excluding carboxylic acids is 3. The van der Waals surface area contributed by atoms with Gasteiger partial charge < -0.3 is 24.8 Å². The molecule has 2 fully saturated rings. The molecule has 0 aliphatic carbocycles.